The van der Waals surface area contributed by atoms with Gasteiger partial charge in [0.2, 0.25) is 0 Å². The molecule has 0 aliphatic carbocycles. The Kier molecular flexibility index (Phi) is 12.0. The van der Waals surface area contributed by atoms with Gasteiger partial charge in [0, 0.05) is 45.7 Å². The summed E-state index contributed by atoms with van der Waals surface area (Å²) >= 11 is 5.82. The predicted molar refractivity (Wildman–Crippen MR) is 161 cm³/mol. The Hall–Kier alpha value is -2.83. The summed E-state index contributed by atoms with van der Waals surface area (Å²) in [5, 5.41) is 0.240. The molecule has 14 nitrogen and oxygen atoms in total. The number of ether oxygens (including phenoxy) is 6. The first-order chi connectivity index (χ1) is 20.9. The van der Waals surface area contributed by atoms with E-state index in [0.29, 0.717) is 26.3 Å². The smallest absolute Gasteiger partial charge is 0.303 e. The predicted octanol–water partition coefficient (Wildman–Crippen LogP) is 2.16. The first-order valence-electron chi connectivity index (χ1n) is 13.6. The maximum Gasteiger partial charge on any atom is 0.303 e. The molecule has 1 amide bonds. The van der Waals surface area contributed by atoms with Gasteiger partial charge in [0.15, 0.2) is 28.9 Å². The van der Waals surface area contributed by atoms with Crippen LogP contribution in [0.5, 0.6) is 0 Å². The number of hydrogen-bond acceptors (Lipinski definition) is 15. The van der Waals surface area contributed by atoms with Gasteiger partial charge >= 0.3 is 23.9 Å². The van der Waals surface area contributed by atoms with Gasteiger partial charge in [0.25, 0.3) is 5.91 Å². The molecule has 3 aliphatic rings. The SMILES string of the molecule is CC(=O)OCC1OC(SC2=N/C(=C/c3ccc(Br)s3)C(=O)N2CN2CCOCC2)C(OC(C)=O)C(OC(C)=O)C1OC(C)=O. The highest BCUT2D eigenvalue weighted by molar-refractivity contribution is 9.11. The van der Waals surface area contributed by atoms with Gasteiger partial charge in [-0.3, -0.25) is 33.8 Å². The number of aliphatic imine (C=N–C) groups is 1. The van der Waals surface area contributed by atoms with Crippen LogP contribution >= 0.6 is 39.0 Å². The van der Waals surface area contributed by atoms with Gasteiger partial charge < -0.3 is 28.4 Å². The van der Waals surface area contributed by atoms with E-state index in [0.717, 1.165) is 34.3 Å². The molecule has 0 radical (unpaired) electrons. The molecule has 1 aromatic rings. The fourth-order valence-electron chi connectivity index (χ4n) is 4.62. The third-order valence-corrected chi connectivity index (χ3v) is 9.10. The van der Waals surface area contributed by atoms with Crippen LogP contribution in [0.15, 0.2) is 26.6 Å². The van der Waals surface area contributed by atoms with Crippen LogP contribution in [0.25, 0.3) is 6.08 Å². The number of amides is 1. The molecule has 240 valence electrons. The van der Waals surface area contributed by atoms with Crippen LogP contribution in [-0.2, 0) is 52.4 Å². The Labute approximate surface area is 270 Å². The van der Waals surface area contributed by atoms with E-state index in [1.807, 2.05) is 17.0 Å². The van der Waals surface area contributed by atoms with Gasteiger partial charge in [-0.25, -0.2) is 4.99 Å². The van der Waals surface area contributed by atoms with E-state index in [9.17, 15) is 24.0 Å². The van der Waals surface area contributed by atoms with Crippen LogP contribution in [0.4, 0.5) is 0 Å². The third kappa shape index (κ3) is 9.10. The maximum absolute atomic E-state index is 13.7. The zero-order valence-electron chi connectivity index (χ0n) is 24.4. The number of hydrogen-bond donors (Lipinski definition) is 0. The largest absolute Gasteiger partial charge is 0.463 e. The lowest BCUT2D eigenvalue weighted by Crippen LogP contribution is -2.62. The maximum atomic E-state index is 13.7. The number of thioether (sulfide) groups is 1. The van der Waals surface area contributed by atoms with Gasteiger partial charge in [-0.05, 0) is 34.1 Å². The minimum atomic E-state index is -1.34. The third-order valence-electron chi connectivity index (χ3n) is 6.40. The van der Waals surface area contributed by atoms with Gasteiger partial charge in [0.05, 0.1) is 23.7 Å². The van der Waals surface area contributed by atoms with Crippen molar-refractivity contribution in [2.24, 2.45) is 4.99 Å². The second kappa shape index (κ2) is 15.4. The van der Waals surface area contributed by atoms with Crippen LogP contribution in [0, 0.1) is 0 Å². The minimum Gasteiger partial charge on any atom is -0.463 e. The lowest BCUT2D eigenvalue weighted by molar-refractivity contribution is -0.237. The summed E-state index contributed by atoms with van der Waals surface area (Å²) in [6.07, 6.45) is -3.38. The molecule has 0 saturated carbocycles. The fourth-order valence-corrected chi connectivity index (χ4v) is 7.15. The first-order valence-corrected chi connectivity index (χ1v) is 16.0. The van der Waals surface area contributed by atoms with Crippen LogP contribution in [0.2, 0.25) is 0 Å². The fraction of sp³-hybridized carbons (Fsp3) is 0.556. The molecule has 4 rings (SSSR count). The number of esters is 4. The van der Waals surface area contributed by atoms with Crippen molar-refractivity contribution in [3.63, 3.8) is 0 Å². The van der Waals surface area contributed by atoms with Crippen molar-refractivity contribution in [1.29, 1.82) is 0 Å². The molecule has 5 atom stereocenters. The number of halogens is 1. The van der Waals surface area contributed by atoms with Crippen molar-refractivity contribution in [2.45, 2.75) is 57.5 Å². The van der Waals surface area contributed by atoms with Gasteiger partial charge in [0.1, 0.15) is 18.4 Å². The molecular formula is C27H32BrN3O11S2. The molecule has 2 fully saturated rings. The summed E-state index contributed by atoms with van der Waals surface area (Å²) in [6, 6.07) is 3.71. The van der Waals surface area contributed by atoms with E-state index in [2.05, 4.69) is 20.9 Å². The molecule has 2 saturated heterocycles. The zero-order chi connectivity index (χ0) is 32.0. The number of amidine groups is 1. The molecule has 17 heteroatoms. The van der Waals surface area contributed by atoms with Crippen LogP contribution in [0.1, 0.15) is 32.6 Å². The average Bonchev–Trinajstić information content (AvgIpc) is 3.48. The monoisotopic (exact) mass is 717 g/mol. The van der Waals surface area contributed by atoms with Crippen molar-refractivity contribution in [1.82, 2.24) is 9.80 Å². The number of morpholine rings is 1. The Morgan fingerprint density at radius 1 is 1.00 bits per heavy atom. The number of carbonyl (C=O) groups excluding carboxylic acids is 5. The van der Waals surface area contributed by atoms with Crippen molar-refractivity contribution in [3.8, 4) is 0 Å². The molecule has 0 bridgehead atoms. The second-order valence-corrected chi connectivity index (χ2v) is 13.4. The van der Waals surface area contributed by atoms with E-state index < -0.39 is 53.7 Å². The number of rotatable bonds is 9. The van der Waals surface area contributed by atoms with Crippen molar-refractivity contribution in [3.05, 3.63) is 26.5 Å². The van der Waals surface area contributed by atoms with E-state index in [1.165, 1.54) is 30.1 Å². The number of nitrogens with zero attached hydrogens (tertiary/aromatic N) is 3. The first kappa shape index (κ1) is 34.1. The van der Waals surface area contributed by atoms with E-state index in [-0.39, 0.29) is 30.0 Å². The summed E-state index contributed by atoms with van der Waals surface area (Å²) in [4.78, 5) is 70.8. The highest BCUT2D eigenvalue weighted by Crippen LogP contribution is 2.38. The Morgan fingerprint density at radius 3 is 2.23 bits per heavy atom. The average molecular weight is 719 g/mol. The lowest BCUT2D eigenvalue weighted by Gasteiger charge is -2.44. The van der Waals surface area contributed by atoms with Crippen molar-refractivity contribution >= 4 is 80.1 Å². The van der Waals surface area contributed by atoms with Crippen LogP contribution in [0.3, 0.4) is 0 Å². The van der Waals surface area contributed by atoms with Gasteiger partial charge in [-0.2, -0.15) is 0 Å². The quantitative estimate of drug-likeness (QED) is 0.208. The van der Waals surface area contributed by atoms with Gasteiger partial charge in [-0.1, -0.05) is 11.8 Å². The molecule has 0 spiro atoms. The number of thiophene rings is 1. The molecular weight excluding hydrogens is 686 g/mol. The summed E-state index contributed by atoms with van der Waals surface area (Å²) in [7, 11) is 0. The Bertz CT molecular complexity index is 1330. The highest BCUT2D eigenvalue weighted by Gasteiger charge is 2.53. The van der Waals surface area contributed by atoms with Crippen molar-refractivity contribution < 1.29 is 52.4 Å². The second-order valence-electron chi connectivity index (χ2n) is 9.86. The van der Waals surface area contributed by atoms with Crippen molar-refractivity contribution in [2.75, 3.05) is 39.6 Å². The van der Waals surface area contributed by atoms with Crippen LogP contribution in [-0.4, -0.2) is 114 Å². The summed E-state index contributed by atoms with van der Waals surface area (Å²) in [5.74, 6) is -3.17. The summed E-state index contributed by atoms with van der Waals surface area (Å²) in [6.45, 7) is 6.70. The normalized spacial score (nSPS) is 26.7. The molecule has 3 aliphatic heterocycles. The topological polar surface area (TPSA) is 160 Å². The lowest BCUT2D eigenvalue weighted by atomic mass is 9.99. The Morgan fingerprint density at radius 2 is 1.64 bits per heavy atom. The molecule has 4 heterocycles. The van der Waals surface area contributed by atoms with E-state index >= 15 is 0 Å². The standard InChI is InChI=1S/C27H32BrN3O11S2/c1-14(32)38-12-20-22(39-15(2)33)23(40-16(3)34)24(41-17(4)35)26(42-20)44-27-29-19(11-18-5-6-21(28)43-18)25(36)31(27)13-30-7-9-37-10-8-30/h5-6,11,20,22-24,26H,7-10,12-13H2,1-4H3/b19-11+. The zero-order valence-corrected chi connectivity index (χ0v) is 27.6. The molecule has 5 unspecified atom stereocenters. The molecule has 1 aromatic heterocycles. The van der Waals surface area contributed by atoms with Gasteiger partial charge in [-0.15, -0.1) is 11.3 Å². The molecule has 0 aromatic carbocycles. The molecule has 0 N–H and O–H groups in total. The Balaban J connectivity index is 1.72. The summed E-state index contributed by atoms with van der Waals surface area (Å²) in [5.41, 5.74) is -0.953. The molecule has 44 heavy (non-hydrogen) atoms. The highest BCUT2D eigenvalue weighted by atomic mass is 79.9. The minimum absolute atomic E-state index is 0.181. The van der Waals surface area contributed by atoms with E-state index in [1.54, 1.807) is 6.08 Å². The number of carbonyl (C=O) groups is 5. The summed E-state index contributed by atoms with van der Waals surface area (Å²) < 4.78 is 34.3. The van der Waals surface area contributed by atoms with Crippen LogP contribution < -0.4 is 0 Å². The van der Waals surface area contributed by atoms with E-state index in [4.69, 9.17) is 28.4 Å².